The van der Waals surface area contributed by atoms with Crippen molar-refractivity contribution in [2.45, 2.75) is 57.1 Å². The third kappa shape index (κ3) is 2.12. The van der Waals surface area contributed by atoms with Crippen LogP contribution in [0.25, 0.3) is 0 Å². The van der Waals surface area contributed by atoms with Crippen LogP contribution in [0.15, 0.2) is 0 Å². The maximum Gasteiger partial charge on any atom is 0.0611 e. The van der Waals surface area contributed by atoms with Gasteiger partial charge >= 0.3 is 0 Å². The molecule has 2 saturated carbocycles. The van der Waals surface area contributed by atoms with Crippen molar-refractivity contribution in [2.24, 2.45) is 11.8 Å². The summed E-state index contributed by atoms with van der Waals surface area (Å²) in [6.07, 6.45) is 9.41. The second kappa shape index (κ2) is 5.24. The van der Waals surface area contributed by atoms with Crippen molar-refractivity contribution >= 4 is 12.4 Å². The minimum Gasteiger partial charge on any atom is -0.392 e. The topological polar surface area (TPSA) is 23.5 Å². The van der Waals surface area contributed by atoms with E-state index in [4.69, 9.17) is 0 Å². The average Bonchev–Trinajstić information content (AvgIpc) is 2.54. The summed E-state index contributed by atoms with van der Waals surface area (Å²) >= 11 is 0. The number of likely N-dealkylation sites (tertiary alicyclic amines) is 1. The summed E-state index contributed by atoms with van der Waals surface area (Å²) < 4.78 is 0. The summed E-state index contributed by atoms with van der Waals surface area (Å²) in [6, 6.07) is 0.721. The molecule has 2 aliphatic carbocycles. The van der Waals surface area contributed by atoms with Crippen LogP contribution in [0.4, 0.5) is 0 Å². The summed E-state index contributed by atoms with van der Waals surface area (Å²) in [4.78, 5) is 2.68. The van der Waals surface area contributed by atoms with Gasteiger partial charge in [0.15, 0.2) is 0 Å². The van der Waals surface area contributed by atoms with Crippen molar-refractivity contribution in [1.29, 1.82) is 0 Å². The molecule has 16 heavy (non-hydrogen) atoms. The lowest BCUT2D eigenvalue weighted by atomic mass is 9.81. The Bertz CT molecular complexity index is 230. The maximum atomic E-state index is 10.2. The molecule has 94 valence electrons. The van der Waals surface area contributed by atoms with Crippen molar-refractivity contribution in [2.75, 3.05) is 13.1 Å². The summed E-state index contributed by atoms with van der Waals surface area (Å²) in [5.41, 5.74) is 0. The van der Waals surface area contributed by atoms with Gasteiger partial charge in [-0.05, 0) is 57.5 Å². The molecule has 4 atom stereocenters. The van der Waals surface area contributed by atoms with Gasteiger partial charge < -0.3 is 10.0 Å². The van der Waals surface area contributed by atoms with E-state index in [2.05, 4.69) is 4.90 Å². The number of nitrogens with zero attached hydrogens (tertiary/aromatic N) is 1. The highest BCUT2D eigenvalue weighted by atomic mass is 35.5. The molecule has 1 heterocycles. The van der Waals surface area contributed by atoms with E-state index in [-0.39, 0.29) is 18.5 Å². The van der Waals surface area contributed by atoms with Crippen LogP contribution in [0.3, 0.4) is 0 Å². The van der Waals surface area contributed by atoms with E-state index in [0.717, 1.165) is 6.04 Å². The van der Waals surface area contributed by atoms with E-state index in [0.29, 0.717) is 11.8 Å². The number of aliphatic hydroxyl groups is 1. The summed E-state index contributed by atoms with van der Waals surface area (Å²) in [5.74, 6) is 1.26. The number of fused-ring (bicyclic) bond motifs is 2. The van der Waals surface area contributed by atoms with Crippen LogP contribution >= 0.6 is 12.4 Å². The lowest BCUT2D eigenvalue weighted by molar-refractivity contribution is -0.00651. The van der Waals surface area contributed by atoms with Crippen LogP contribution in [0.2, 0.25) is 0 Å². The summed E-state index contributed by atoms with van der Waals surface area (Å²) in [6.45, 7) is 2.58. The number of piperidine rings is 1. The number of hydrogen-bond donors (Lipinski definition) is 1. The highest BCUT2D eigenvalue weighted by Gasteiger charge is 2.45. The Labute approximate surface area is 105 Å². The van der Waals surface area contributed by atoms with E-state index in [1.54, 1.807) is 0 Å². The van der Waals surface area contributed by atoms with Crippen molar-refractivity contribution in [3.8, 4) is 0 Å². The lowest BCUT2D eigenvalue weighted by Gasteiger charge is -2.42. The second-order valence-corrected chi connectivity index (χ2v) is 5.73. The molecule has 0 amide bonds. The molecule has 3 heteroatoms. The molecule has 0 spiro atoms. The molecule has 3 rings (SSSR count). The molecule has 2 nitrogen and oxygen atoms in total. The Morgan fingerprint density at radius 2 is 1.56 bits per heavy atom. The van der Waals surface area contributed by atoms with Crippen LogP contribution in [0.1, 0.15) is 44.9 Å². The lowest BCUT2D eigenvalue weighted by Crippen LogP contribution is -2.48. The Kier molecular flexibility index (Phi) is 4.15. The molecule has 1 aliphatic heterocycles. The number of rotatable bonds is 1. The maximum absolute atomic E-state index is 10.2. The first-order valence-electron chi connectivity index (χ1n) is 6.78. The predicted octanol–water partition coefficient (Wildman–Crippen LogP) is 2.44. The molecule has 1 saturated heterocycles. The van der Waals surface area contributed by atoms with Gasteiger partial charge in [0.1, 0.15) is 0 Å². The number of aliphatic hydroxyl groups excluding tert-OH is 1. The van der Waals surface area contributed by atoms with E-state index in [9.17, 15) is 5.11 Å². The average molecular weight is 246 g/mol. The standard InChI is InChI=1S/C13H23NO.ClH/c15-13-10-4-6-11(13)12(7-5-10)14-8-2-1-3-9-14;/h10-13,15H,1-9H2;1H/t10?,11?,12?,13-;/m0./s1. The van der Waals surface area contributed by atoms with Gasteiger partial charge in [-0.25, -0.2) is 0 Å². The molecule has 0 aromatic carbocycles. The minimum atomic E-state index is 0. The quantitative estimate of drug-likeness (QED) is 0.767. The van der Waals surface area contributed by atoms with Crippen LogP contribution in [0.5, 0.6) is 0 Å². The largest absolute Gasteiger partial charge is 0.392 e. The van der Waals surface area contributed by atoms with Gasteiger partial charge in [-0.15, -0.1) is 12.4 Å². The zero-order chi connectivity index (χ0) is 10.3. The molecular weight excluding hydrogens is 222 g/mol. The highest BCUT2D eigenvalue weighted by Crippen LogP contribution is 2.44. The fourth-order valence-electron chi connectivity index (χ4n) is 4.14. The zero-order valence-electron chi connectivity index (χ0n) is 9.98. The predicted molar refractivity (Wildman–Crippen MR) is 67.9 cm³/mol. The summed E-state index contributed by atoms with van der Waals surface area (Å²) in [7, 11) is 0. The fraction of sp³-hybridized carbons (Fsp3) is 1.00. The van der Waals surface area contributed by atoms with Crippen molar-refractivity contribution in [1.82, 2.24) is 4.90 Å². The molecule has 1 N–H and O–H groups in total. The number of halogens is 1. The molecular formula is C13H24ClNO. The van der Waals surface area contributed by atoms with Crippen LogP contribution in [-0.4, -0.2) is 35.2 Å². The first-order chi connectivity index (χ1) is 7.36. The van der Waals surface area contributed by atoms with Gasteiger partial charge in [-0.3, -0.25) is 0 Å². The second-order valence-electron chi connectivity index (χ2n) is 5.73. The third-order valence-corrected chi connectivity index (χ3v) is 4.98. The van der Waals surface area contributed by atoms with Gasteiger partial charge in [0, 0.05) is 12.0 Å². The Balaban J connectivity index is 0.000000963. The third-order valence-electron chi connectivity index (χ3n) is 4.98. The fourth-order valence-corrected chi connectivity index (χ4v) is 4.14. The van der Waals surface area contributed by atoms with Gasteiger partial charge in [0.05, 0.1) is 6.10 Å². The molecule has 0 radical (unpaired) electrons. The first-order valence-corrected chi connectivity index (χ1v) is 6.78. The van der Waals surface area contributed by atoms with Gasteiger partial charge in [0.2, 0.25) is 0 Å². The van der Waals surface area contributed by atoms with E-state index in [1.807, 2.05) is 0 Å². The summed E-state index contributed by atoms with van der Waals surface area (Å²) in [5, 5.41) is 10.2. The van der Waals surface area contributed by atoms with Gasteiger partial charge in [-0.2, -0.15) is 0 Å². The highest BCUT2D eigenvalue weighted by molar-refractivity contribution is 5.85. The first kappa shape index (κ1) is 12.7. The smallest absolute Gasteiger partial charge is 0.0611 e. The molecule has 3 unspecified atom stereocenters. The SMILES string of the molecule is Cl.O[C@H]1C2CCC1C(N1CCCCC1)CC2. The van der Waals surface area contributed by atoms with E-state index < -0.39 is 0 Å². The molecule has 0 aromatic heterocycles. The van der Waals surface area contributed by atoms with Gasteiger partial charge in [0.25, 0.3) is 0 Å². The monoisotopic (exact) mass is 245 g/mol. The van der Waals surface area contributed by atoms with Crippen molar-refractivity contribution in [3.63, 3.8) is 0 Å². The van der Waals surface area contributed by atoms with E-state index in [1.165, 1.54) is 58.0 Å². The number of hydrogen-bond acceptors (Lipinski definition) is 2. The zero-order valence-corrected chi connectivity index (χ0v) is 10.8. The Morgan fingerprint density at radius 3 is 2.31 bits per heavy atom. The van der Waals surface area contributed by atoms with Crippen LogP contribution in [0, 0.1) is 11.8 Å². The molecule has 2 bridgehead atoms. The normalized spacial score (nSPS) is 44.1. The Morgan fingerprint density at radius 1 is 0.875 bits per heavy atom. The molecule has 3 aliphatic rings. The van der Waals surface area contributed by atoms with E-state index >= 15 is 0 Å². The molecule has 0 aromatic rings. The van der Waals surface area contributed by atoms with Crippen molar-refractivity contribution in [3.05, 3.63) is 0 Å². The van der Waals surface area contributed by atoms with Crippen LogP contribution < -0.4 is 0 Å². The Hall–Kier alpha value is 0.210. The van der Waals surface area contributed by atoms with Crippen LogP contribution in [-0.2, 0) is 0 Å². The molecule has 3 fully saturated rings. The minimum absolute atomic E-state index is 0. The van der Waals surface area contributed by atoms with Gasteiger partial charge in [-0.1, -0.05) is 6.42 Å². The van der Waals surface area contributed by atoms with Crippen molar-refractivity contribution < 1.29 is 5.11 Å².